The second-order valence-electron chi connectivity index (χ2n) is 4.71. The van der Waals surface area contributed by atoms with Crippen molar-refractivity contribution in [3.63, 3.8) is 0 Å². The van der Waals surface area contributed by atoms with Gasteiger partial charge in [-0.3, -0.25) is 9.69 Å². The van der Waals surface area contributed by atoms with Crippen molar-refractivity contribution >= 4 is 5.91 Å². The lowest BCUT2D eigenvalue weighted by Gasteiger charge is -2.32. The maximum atomic E-state index is 11.9. The molecule has 0 radical (unpaired) electrons. The number of hydrogen-bond donors (Lipinski definition) is 2. The van der Waals surface area contributed by atoms with Crippen LogP contribution >= 0.6 is 0 Å². The molecule has 1 amide bonds. The number of nitrogens with zero attached hydrogens (tertiary/aromatic N) is 1. The van der Waals surface area contributed by atoms with Crippen molar-refractivity contribution in [3.05, 3.63) is 23.7 Å². The summed E-state index contributed by atoms with van der Waals surface area (Å²) in [6, 6.07) is 1.98. The predicted octanol–water partition coefficient (Wildman–Crippen LogP) is 0.189. The van der Waals surface area contributed by atoms with Crippen LogP contribution in [0.25, 0.3) is 0 Å². The normalized spacial score (nSPS) is 18.2. The van der Waals surface area contributed by atoms with Gasteiger partial charge in [-0.2, -0.15) is 0 Å². The molecule has 6 heteroatoms. The van der Waals surface area contributed by atoms with E-state index < -0.39 is 0 Å². The van der Waals surface area contributed by atoms with Crippen molar-refractivity contribution < 1.29 is 13.9 Å². The first-order chi connectivity index (χ1) is 9.20. The average Bonchev–Trinajstić information content (AvgIpc) is 2.94. The van der Waals surface area contributed by atoms with Gasteiger partial charge in [0.2, 0.25) is 0 Å². The summed E-state index contributed by atoms with van der Waals surface area (Å²) < 4.78 is 10.5. The van der Waals surface area contributed by atoms with Gasteiger partial charge in [0.15, 0.2) is 0 Å². The number of rotatable bonds is 5. The van der Waals surface area contributed by atoms with Gasteiger partial charge in [0.1, 0.15) is 12.0 Å². The predicted molar refractivity (Wildman–Crippen MR) is 70.8 cm³/mol. The van der Waals surface area contributed by atoms with Gasteiger partial charge in [0.25, 0.3) is 5.91 Å². The molecule has 1 aromatic rings. The fourth-order valence-corrected chi connectivity index (χ4v) is 2.10. The van der Waals surface area contributed by atoms with Crippen LogP contribution in [0.4, 0.5) is 0 Å². The van der Waals surface area contributed by atoms with E-state index in [-0.39, 0.29) is 5.91 Å². The van der Waals surface area contributed by atoms with Crippen LogP contribution in [-0.2, 0) is 11.3 Å². The number of carbonyl (C=O) groups excluding carboxylic acids is 1. The number of ether oxygens (including phenoxy) is 1. The van der Waals surface area contributed by atoms with Gasteiger partial charge in [-0.15, -0.1) is 0 Å². The number of nitrogens with one attached hydrogen (secondary N) is 1. The summed E-state index contributed by atoms with van der Waals surface area (Å²) in [5.41, 5.74) is 5.96. The Morgan fingerprint density at radius 2 is 2.26 bits per heavy atom. The molecule has 6 nitrogen and oxygen atoms in total. The molecule has 1 unspecified atom stereocenters. The van der Waals surface area contributed by atoms with Gasteiger partial charge < -0.3 is 20.2 Å². The van der Waals surface area contributed by atoms with Crippen molar-refractivity contribution in [1.82, 2.24) is 10.2 Å². The standard InChI is InChI=1S/C13H21N3O3/c1-10(16-2-4-18-5-3-16)8-15-13(17)11-6-12(7-14)19-9-11/h6,9-10H,2-5,7-8,14H2,1H3,(H,15,17). The fourth-order valence-electron chi connectivity index (χ4n) is 2.10. The maximum absolute atomic E-state index is 11.9. The third-order valence-corrected chi connectivity index (χ3v) is 3.34. The molecule has 0 aromatic carbocycles. The highest BCUT2D eigenvalue weighted by Crippen LogP contribution is 2.07. The SMILES string of the molecule is CC(CNC(=O)c1coc(CN)c1)N1CCOCC1. The van der Waals surface area contributed by atoms with Gasteiger partial charge in [-0.1, -0.05) is 0 Å². The Bertz CT molecular complexity index is 413. The molecular weight excluding hydrogens is 246 g/mol. The Morgan fingerprint density at radius 3 is 2.89 bits per heavy atom. The van der Waals surface area contributed by atoms with Gasteiger partial charge in [-0.05, 0) is 13.0 Å². The van der Waals surface area contributed by atoms with Crippen molar-refractivity contribution in [1.29, 1.82) is 0 Å². The fraction of sp³-hybridized carbons (Fsp3) is 0.615. The van der Waals surface area contributed by atoms with Crippen LogP contribution in [0.3, 0.4) is 0 Å². The molecule has 0 bridgehead atoms. The van der Waals surface area contributed by atoms with Crippen LogP contribution in [0.1, 0.15) is 23.0 Å². The van der Waals surface area contributed by atoms with E-state index in [1.165, 1.54) is 6.26 Å². The van der Waals surface area contributed by atoms with Gasteiger partial charge in [-0.25, -0.2) is 0 Å². The highest BCUT2D eigenvalue weighted by atomic mass is 16.5. The molecule has 2 heterocycles. The number of hydrogen-bond acceptors (Lipinski definition) is 5. The minimum atomic E-state index is -0.122. The van der Waals surface area contributed by atoms with Gasteiger partial charge >= 0.3 is 0 Å². The van der Waals surface area contributed by atoms with E-state index >= 15 is 0 Å². The molecule has 2 rings (SSSR count). The Kier molecular flexibility index (Phi) is 4.95. The molecule has 106 valence electrons. The van der Waals surface area contributed by atoms with E-state index in [0.717, 1.165) is 26.3 Å². The number of nitrogens with two attached hydrogens (primary N) is 1. The zero-order valence-corrected chi connectivity index (χ0v) is 11.2. The number of furan rings is 1. The van der Waals surface area contributed by atoms with Crippen LogP contribution < -0.4 is 11.1 Å². The Morgan fingerprint density at radius 1 is 1.53 bits per heavy atom. The summed E-state index contributed by atoms with van der Waals surface area (Å²) in [6.45, 7) is 6.38. The number of amides is 1. The van der Waals surface area contributed by atoms with E-state index in [2.05, 4.69) is 17.1 Å². The quantitative estimate of drug-likeness (QED) is 0.796. The first-order valence-electron chi connectivity index (χ1n) is 6.58. The van der Waals surface area contributed by atoms with Crippen LogP contribution in [0.15, 0.2) is 16.7 Å². The summed E-state index contributed by atoms with van der Waals surface area (Å²) in [5, 5.41) is 2.91. The van der Waals surface area contributed by atoms with Crippen LogP contribution in [0, 0.1) is 0 Å². The van der Waals surface area contributed by atoms with E-state index in [0.29, 0.717) is 30.5 Å². The lowest BCUT2D eigenvalue weighted by molar-refractivity contribution is 0.0204. The molecule has 1 atom stereocenters. The third-order valence-electron chi connectivity index (χ3n) is 3.34. The minimum absolute atomic E-state index is 0.122. The maximum Gasteiger partial charge on any atom is 0.254 e. The van der Waals surface area contributed by atoms with E-state index in [1.807, 2.05) is 0 Å². The first kappa shape index (κ1) is 14.0. The number of carbonyl (C=O) groups is 1. The molecule has 19 heavy (non-hydrogen) atoms. The van der Waals surface area contributed by atoms with Crippen LogP contribution in [0.5, 0.6) is 0 Å². The molecule has 1 aliphatic rings. The summed E-state index contributed by atoms with van der Waals surface area (Å²) in [4.78, 5) is 14.2. The van der Waals surface area contributed by atoms with Gasteiger partial charge in [0, 0.05) is 25.7 Å². The molecule has 1 aliphatic heterocycles. The second kappa shape index (κ2) is 6.70. The zero-order chi connectivity index (χ0) is 13.7. The van der Waals surface area contributed by atoms with Crippen molar-refractivity contribution in [2.75, 3.05) is 32.8 Å². The van der Waals surface area contributed by atoms with Gasteiger partial charge in [0.05, 0.1) is 25.3 Å². The third kappa shape index (κ3) is 3.79. The number of morpholine rings is 1. The minimum Gasteiger partial charge on any atom is -0.467 e. The van der Waals surface area contributed by atoms with Crippen molar-refractivity contribution in [2.24, 2.45) is 5.73 Å². The van der Waals surface area contributed by atoms with E-state index in [9.17, 15) is 4.79 Å². The average molecular weight is 267 g/mol. The highest BCUT2D eigenvalue weighted by Gasteiger charge is 2.18. The van der Waals surface area contributed by atoms with Crippen LogP contribution in [0.2, 0.25) is 0 Å². The molecule has 1 fully saturated rings. The molecular formula is C13H21N3O3. The monoisotopic (exact) mass is 267 g/mol. The molecule has 3 N–H and O–H groups in total. The lowest BCUT2D eigenvalue weighted by Crippen LogP contribution is -2.47. The Hall–Kier alpha value is -1.37. The molecule has 0 spiro atoms. The first-order valence-corrected chi connectivity index (χ1v) is 6.58. The van der Waals surface area contributed by atoms with Crippen molar-refractivity contribution in [2.45, 2.75) is 19.5 Å². The molecule has 1 saturated heterocycles. The zero-order valence-electron chi connectivity index (χ0n) is 11.2. The van der Waals surface area contributed by atoms with Crippen LogP contribution in [-0.4, -0.2) is 49.7 Å². The Balaban J connectivity index is 1.79. The largest absolute Gasteiger partial charge is 0.467 e. The molecule has 0 aliphatic carbocycles. The van der Waals surface area contributed by atoms with E-state index in [4.69, 9.17) is 14.9 Å². The lowest BCUT2D eigenvalue weighted by atomic mass is 10.2. The van der Waals surface area contributed by atoms with Crippen molar-refractivity contribution in [3.8, 4) is 0 Å². The molecule has 1 aromatic heterocycles. The topological polar surface area (TPSA) is 80.7 Å². The second-order valence-corrected chi connectivity index (χ2v) is 4.71. The smallest absolute Gasteiger partial charge is 0.254 e. The summed E-state index contributed by atoms with van der Waals surface area (Å²) in [7, 11) is 0. The summed E-state index contributed by atoms with van der Waals surface area (Å²) >= 11 is 0. The molecule has 0 saturated carbocycles. The Labute approximate surface area is 112 Å². The van der Waals surface area contributed by atoms with E-state index in [1.54, 1.807) is 6.07 Å². The highest BCUT2D eigenvalue weighted by molar-refractivity contribution is 5.93. The summed E-state index contributed by atoms with van der Waals surface area (Å²) in [6.07, 6.45) is 1.44. The summed E-state index contributed by atoms with van der Waals surface area (Å²) in [5.74, 6) is 0.495.